The van der Waals surface area contributed by atoms with Gasteiger partial charge in [0, 0.05) is 16.1 Å². The molecule has 0 aliphatic carbocycles. The highest BCUT2D eigenvalue weighted by molar-refractivity contribution is 6.36. The van der Waals surface area contributed by atoms with Gasteiger partial charge in [0.1, 0.15) is 6.54 Å². The Morgan fingerprint density at radius 2 is 1.85 bits per heavy atom. The van der Waals surface area contributed by atoms with Gasteiger partial charge < -0.3 is 10.0 Å². The molecule has 0 aliphatic rings. The van der Waals surface area contributed by atoms with Crippen LogP contribution in [0.5, 0.6) is 0 Å². The quantitative estimate of drug-likeness (QED) is 0.876. The van der Waals surface area contributed by atoms with Crippen LogP contribution >= 0.6 is 23.2 Å². The van der Waals surface area contributed by atoms with Crippen LogP contribution in [0.2, 0.25) is 10.0 Å². The Kier molecular flexibility index (Phi) is 6.30. The summed E-state index contributed by atoms with van der Waals surface area (Å²) in [5.74, 6) is -1.33. The Bertz CT molecular complexity index is 485. The smallest absolute Gasteiger partial charge is 0.323 e. The van der Waals surface area contributed by atoms with E-state index in [1.165, 1.54) is 4.90 Å². The van der Waals surface area contributed by atoms with Crippen molar-refractivity contribution in [3.05, 3.63) is 33.8 Å². The fourth-order valence-electron chi connectivity index (χ4n) is 1.81. The number of benzene rings is 1. The Hall–Kier alpha value is -1.26. The van der Waals surface area contributed by atoms with Crippen molar-refractivity contribution in [2.24, 2.45) is 0 Å². The second-order valence-corrected chi connectivity index (χ2v) is 5.36. The third-order valence-electron chi connectivity index (χ3n) is 3.14. The number of hydrogen-bond acceptors (Lipinski definition) is 2. The molecule has 6 heteroatoms. The highest BCUT2D eigenvalue weighted by Crippen LogP contribution is 2.25. The summed E-state index contributed by atoms with van der Waals surface area (Å²) in [4.78, 5) is 24.5. The van der Waals surface area contributed by atoms with Crippen molar-refractivity contribution in [3.63, 3.8) is 0 Å². The minimum absolute atomic E-state index is 0.00384. The Balaban J connectivity index is 2.93. The molecule has 0 fully saturated rings. The lowest BCUT2D eigenvalue weighted by molar-refractivity contribution is -0.145. The molecule has 0 heterocycles. The van der Waals surface area contributed by atoms with Crippen LogP contribution in [-0.2, 0) is 16.0 Å². The maximum atomic E-state index is 12.3. The van der Waals surface area contributed by atoms with Crippen molar-refractivity contribution in [2.75, 3.05) is 6.54 Å². The third-order valence-corrected chi connectivity index (χ3v) is 3.85. The van der Waals surface area contributed by atoms with Crippen LogP contribution < -0.4 is 0 Å². The molecule has 110 valence electrons. The van der Waals surface area contributed by atoms with E-state index < -0.39 is 5.97 Å². The van der Waals surface area contributed by atoms with E-state index in [2.05, 4.69) is 0 Å². The molecule has 0 aromatic heterocycles. The van der Waals surface area contributed by atoms with Crippen molar-refractivity contribution in [1.29, 1.82) is 0 Å². The number of carboxylic acid groups (broad SMARTS) is 1. The van der Waals surface area contributed by atoms with Gasteiger partial charge in [-0.2, -0.15) is 0 Å². The first kappa shape index (κ1) is 16.8. The molecule has 0 radical (unpaired) electrons. The van der Waals surface area contributed by atoms with E-state index in [-0.39, 0.29) is 24.9 Å². The van der Waals surface area contributed by atoms with Crippen LogP contribution in [-0.4, -0.2) is 34.5 Å². The molecule has 1 aromatic carbocycles. The Morgan fingerprint density at radius 1 is 1.30 bits per heavy atom. The van der Waals surface area contributed by atoms with E-state index in [1.807, 2.05) is 13.8 Å². The number of carboxylic acids is 1. The minimum atomic E-state index is -1.04. The van der Waals surface area contributed by atoms with Crippen molar-refractivity contribution in [2.45, 2.75) is 32.7 Å². The van der Waals surface area contributed by atoms with Gasteiger partial charge in [-0.1, -0.05) is 36.2 Å². The zero-order valence-corrected chi connectivity index (χ0v) is 12.9. The molecule has 1 aromatic rings. The van der Waals surface area contributed by atoms with E-state index in [9.17, 15) is 9.59 Å². The largest absolute Gasteiger partial charge is 0.480 e. The van der Waals surface area contributed by atoms with E-state index in [0.717, 1.165) is 0 Å². The molecule has 0 saturated heterocycles. The molecule has 1 amide bonds. The zero-order valence-electron chi connectivity index (χ0n) is 11.4. The van der Waals surface area contributed by atoms with Crippen molar-refractivity contribution < 1.29 is 14.7 Å². The SMILES string of the molecule is CCC(C)N(CC(=O)O)C(=O)Cc1c(Cl)cccc1Cl. The summed E-state index contributed by atoms with van der Waals surface area (Å²) in [5, 5.41) is 9.72. The van der Waals surface area contributed by atoms with Gasteiger partial charge in [-0.15, -0.1) is 0 Å². The number of rotatable bonds is 6. The summed E-state index contributed by atoms with van der Waals surface area (Å²) in [5.41, 5.74) is 0.527. The molecule has 0 bridgehead atoms. The van der Waals surface area contributed by atoms with Crippen molar-refractivity contribution in [3.8, 4) is 0 Å². The predicted octanol–water partition coefficient (Wildman–Crippen LogP) is 3.25. The molecule has 0 aliphatic heterocycles. The van der Waals surface area contributed by atoms with E-state index in [1.54, 1.807) is 18.2 Å². The molecule has 1 unspecified atom stereocenters. The molecule has 20 heavy (non-hydrogen) atoms. The average Bonchev–Trinajstić information content (AvgIpc) is 2.39. The van der Waals surface area contributed by atoms with Crippen LogP contribution in [0.25, 0.3) is 0 Å². The zero-order chi connectivity index (χ0) is 15.3. The Morgan fingerprint density at radius 3 is 2.30 bits per heavy atom. The highest BCUT2D eigenvalue weighted by Gasteiger charge is 2.23. The first-order valence-electron chi connectivity index (χ1n) is 6.31. The van der Waals surface area contributed by atoms with Crippen LogP contribution in [0.3, 0.4) is 0 Å². The van der Waals surface area contributed by atoms with Crippen LogP contribution in [0.15, 0.2) is 18.2 Å². The normalized spacial score (nSPS) is 12.0. The fraction of sp³-hybridized carbons (Fsp3) is 0.429. The lowest BCUT2D eigenvalue weighted by atomic mass is 10.1. The van der Waals surface area contributed by atoms with Gasteiger partial charge in [-0.05, 0) is 31.0 Å². The summed E-state index contributed by atoms with van der Waals surface area (Å²) < 4.78 is 0. The maximum absolute atomic E-state index is 12.3. The first-order valence-corrected chi connectivity index (χ1v) is 7.06. The van der Waals surface area contributed by atoms with Gasteiger partial charge in [-0.3, -0.25) is 9.59 Å². The lowest BCUT2D eigenvalue weighted by Crippen LogP contribution is -2.42. The number of aliphatic carboxylic acids is 1. The van der Waals surface area contributed by atoms with Gasteiger partial charge in [0.05, 0.1) is 6.42 Å². The molecular weight excluding hydrogens is 301 g/mol. The van der Waals surface area contributed by atoms with Gasteiger partial charge in [0.15, 0.2) is 0 Å². The number of carbonyl (C=O) groups excluding carboxylic acids is 1. The van der Waals surface area contributed by atoms with Crippen LogP contribution in [0.4, 0.5) is 0 Å². The number of carbonyl (C=O) groups is 2. The standard InChI is InChI=1S/C14H17Cl2NO3/c1-3-9(2)17(8-14(19)20)13(18)7-10-11(15)5-4-6-12(10)16/h4-6,9H,3,7-8H2,1-2H3,(H,19,20). The molecular formula is C14H17Cl2NO3. The topological polar surface area (TPSA) is 57.6 Å². The van der Waals surface area contributed by atoms with E-state index >= 15 is 0 Å². The summed E-state index contributed by atoms with van der Waals surface area (Å²) in [6, 6.07) is 4.85. The summed E-state index contributed by atoms with van der Waals surface area (Å²) in [6.45, 7) is 3.39. The van der Waals surface area contributed by atoms with Crippen LogP contribution in [0, 0.1) is 0 Å². The second kappa shape index (κ2) is 7.50. The van der Waals surface area contributed by atoms with Gasteiger partial charge >= 0.3 is 5.97 Å². The second-order valence-electron chi connectivity index (χ2n) is 4.55. The molecule has 1 atom stereocenters. The third kappa shape index (κ3) is 4.39. The molecule has 4 nitrogen and oxygen atoms in total. The van der Waals surface area contributed by atoms with E-state index in [0.29, 0.717) is 22.0 Å². The van der Waals surface area contributed by atoms with Crippen LogP contribution in [0.1, 0.15) is 25.8 Å². The molecule has 1 rings (SSSR count). The van der Waals surface area contributed by atoms with Gasteiger partial charge in [-0.25, -0.2) is 0 Å². The summed E-state index contributed by atoms with van der Waals surface area (Å²) >= 11 is 12.1. The number of halogens is 2. The van der Waals surface area contributed by atoms with Gasteiger partial charge in [0.25, 0.3) is 0 Å². The number of hydrogen-bond donors (Lipinski definition) is 1. The molecule has 0 saturated carbocycles. The average molecular weight is 318 g/mol. The number of nitrogens with zero attached hydrogens (tertiary/aromatic N) is 1. The Labute approximate surface area is 128 Å². The lowest BCUT2D eigenvalue weighted by Gasteiger charge is -2.27. The fourth-order valence-corrected chi connectivity index (χ4v) is 2.34. The predicted molar refractivity (Wildman–Crippen MR) is 79.3 cm³/mol. The highest BCUT2D eigenvalue weighted by atomic mass is 35.5. The monoisotopic (exact) mass is 317 g/mol. The molecule has 1 N–H and O–H groups in total. The number of amides is 1. The van der Waals surface area contributed by atoms with Crippen molar-refractivity contribution >= 4 is 35.1 Å². The minimum Gasteiger partial charge on any atom is -0.480 e. The maximum Gasteiger partial charge on any atom is 0.323 e. The summed E-state index contributed by atoms with van der Waals surface area (Å²) in [7, 11) is 0. The first-order chi connectivity index (χ1) is 9.36. The molecule has 0 spiro atoms. The van der Waals surface area contributed by atoms with Crippen molar-refractivity contribution in [1.82, 2.24) is 4.90 Å². The van der Waals surface area contributed by atoms with Gasteiger partial charge in [0.2, 0.25) is 5.91 Å². The summed E-state index contributed by atoms with van der Waals surface area (Å²) in [6.07, 6.45) is 0.672. The van der Waals surface area contributed by atoms with E-state index in [4.69, 9.17) is 28.3 Å².